The summed E-state index contributed by atoms with van der Waals surface area (Å²) in [5.74, 6) is -1.21. The van der Waals surface area contributed by atoms with E-state index in [1.54, 1.807) is 24.3 Å². The van der Waals surface area contributed by atoms with Crippen molar-refractivity contribution in [1.29, 1.82) is 0 Å². The third kappa shape index (κ3) is 4.10. The van der Waals surface area contributed by atoms with Crippen LogP contribution in [-0.2, 0) is 14.8 Å². The van der Waals surface area contributed by atoms with Crippen molar-refractivity contribution >= 4 is 33.4 Å². The Bertz CT molecular complexity index is 825. The Balaban J connectivity index is 2.54. The van der Waals surface area contributed by atoms with Gasteiger partial charge in [-0.3, -0.25) is 9.10 Å². The Kier molecular flexibility index (Phi) is 5.56. The molecule has 0 heterocycles. The van der Waals surface area contributed by atoms with Gasteiger partial charge in [0.25, 0.3) is 10.0 Å². The highest BCUT2D eigenvalue weighted by atomic mass is 32.2. The van der Waals surface area contributed by atoms with E-state index in [1.165, 1.54) is 23.9 Å². The molecule has 0 aliphatic carbocycles. The molecule has 0 saturated heterocycles. The summed E-state index contributed by atoms with van der Waals surface area (Å²) >= 11 is 1.50. The van der Waals surface area contributed by atoms with E-state index in [4.69, 9.17) is 5.11 Å². The van der Waals surface area contributed by atoms with Crippen molar-refractivity contribution < 1.29 is 18.3 Å². The van der Waals surface area contributed by atoms with Gasteiger partial charge in [-0.25, -0.2) is 8.42 Å². The molecule has 0 radical (unpaired) electrons. The molecule has 2 rings (SSSR count). The molecule has 1 N–H and O–H groups in total. The van der Waals surface area contributed by atoms with Crippen LogP contribution in [0.15, 0.2) is 52.3 Å². The summed E-state index contributed by atoms with van der Waals surface area (Å²) in [6, 6.07) is 11.7. The zero-order chi connectivity index (χ0) is 17.9. The summed E-state index contributed by atoms with van der Waals surface area (Å²) in [4.78, 5) is 12.2. The lowest BCUT2D eigenvalue weighted by molar-refractivity contribution is -0.135. The number of nitrogens with zero attached hydrogens (tertiary/aromatic N) is 1. The van der Waals surface area contributed by atoms with Crippen LogP contribution in [0.5, 0.6) is 0 Å². The standard InChI is InChI=1S/C17H19NO4S2/c1-12-8-13(2)10-14(9-12)18(11-17(19)20)24(21,22)16-6-4-15(23-3)5-7-16/h4-10H,11H2,1-3H3,(H,19,20). The molecule has 0 aliphatic heterocycles. The van der Waals surface area contributed by atoms with E-state index in [0.29, 0.717) is 5.69 Å². The lowest BCUT2D eigenvalue weighted by atomic mass is 10.1. The van der Waals surface area contributed by atoms with Gasteiger partial charge in [-0.2, -0.15) is 0 Å². The van der Waals surface area contributed by atoms with Crippen molar-refractivity contribution in [1.82, 2.24) is 0 Å². The second-order valence-electron chi connectivity index (χ2n) is 5.43. The molecule has 0 atom stereocenters. The minimum atomic E-state index is -3.96. The first-order valence-electron chi connectivity index (χ1n) is 7.21. The molecule has 2 aromatic carbocycles. The molecule has 0 aromatic heterocycles. The van der Waals surface area contributed by atoms with Crippen LogP contribution in [0.3, 0.4) is 0 Å². The molecule has 5 nitrogen and oxygen atoms in total. The largest absolute Gasteiger partial charge is 0.480 e. The Morgan fingerprint density at radius 1 is 1.08 bits per heavy atom. The van der Waals surface area contributed by atoms with Gasteiger partial charge in [0.2, 0.25) is 0 Å². The summed E-state index contributed by atoms with van der Waals surface area (Å²) in [5.41, 5.74) is 2.09. The molecule has 24 heavy (non-hydrogen) atoms. The van der Waals surface area contributed by atoms with Gasteiger partial charge in [-0.15, -0.1) is 11.8 Å². The van der Waals surface area contributed by atoms with Crippen molar-refractivity contribution in [2.45, 2.75) is 23.6 Å². The molecule has 0 saturated carbocycles. The van der Waals surface area contributed by atoms with E-state index in [9.17, 15) is 13.2 Å². The average Bonchev–Trinajstić information content (AvgIpc) is 2.51. The molecule has 0 spiro atoms. The predicted molar refractivity (Wildman–Crippen MR) is 96.3 cm³/mol. The van der Waals surface area contributed by atoms with Crippen LogP contribution in [0, 0.1) is 13.8 Å². The second kappa shape index (κ2) is 7.27. The number of carboxylic acid groups (broad SMARTS) is 1. The maximum absolute atomic E-state index is 12.9. The Morgan fingerprint density at radius 3 is 2.08 bits per heavy atom. The molecule has 128 valence electrons. The molecular weight excluding hydrogens is 346 g/mol. The summed E-state index contributed by atoms with van der Waals surface area (Å²) in [5, 5.41) is 9.17. The Hall–Kier alpha value is -1.99. The van der Waals surface area contributed by atoms with Crippen LogP contribution < -0.4 is 4.31 Å². The number of benzene rings is 2. The Morgan fingerprint density at radius 2 is 1.62 bits per heavy atom. The molecule has 0 unspecified atom stereocenters. The van der Waals surface area contributed by atoms with Gasteiger partial charge in [0.05, 0.1) is 10.6 Å². The minimum Gasteiger partial charge on any atom is -0.480 e. The topological polar surface area (TPSA) is 74.7 Å². The van der Waals surface area contributed by atoms with Crippen LogP contribution in [0.25, 0.3) is 0 Å². The highest BCUT2D eigenvalue weighted by molar-refractivity contribution is 7.98. The van der Waals surface area contributed by atoms with Crippen LogP contribution in [0.1, 0.15) is 11.1 Å². The van der Waals surface area contributed by atoms with E-state index in [0.717, 1.165) is 20.3 Å². The van der Waals surface area contributed by atoms with Crippen molar-refractivity contribution in [3.63, 3.8) is 0 Å². The fourth-order valence-electron chi connectivity index (χ4n) is 2.41. The lowest BCUT2D eigenvalue weighted by Gasteiger charge is -2.23. The number of carbonyl (C=O) groups is 1. The van der Waals surface area contributed by atoms with Gasteiger partial charge >= 0.3 is 5.97 Å². The number of carboxylic acids is 1. The fraction of sp³-hybridized carbons (Fsp3) is 0.235. The third-order valence-electron chi connectivity index (χ3n) is 3.42. The number of sulfonamides is 1. The van der Waals surface area contributed by atoms with E-state index in [1.807, 2.05) is 26.2 Å². The zero-order valence-corrected chi connectivity index (χ0v) is 15.3. The van der Waals surface area contributed by atoms with Crippen molar-refractivity contribution in [3.8, 4) is 0 Å². The van der Waals surface area contributed by atoms with E-state index >= 15 is 0 Å². The second-order valence-corrected chi connectivity index (χ2v) is 8.17. The van der Waals surface area contributed by atoms with Crippen molar-refractivity contribution in [2.75, 3.05) is 17.1 Å². The summed E-state index contributed by atoms with van der Waals surface area (Å²) in [6.45, 7) is 3.06. The fourth-order valence-corrected chi connectivity index (χ4v) is 4.21. The smallest absolute Gasteiger partial charge is 0.324 e. The Labute approximate surface area is 146 Å². The van der Waals surface area contributed by atoms with E-state index in [-0.39, 0.29) is 4.90 Å². The number of aryl methyl sites for hydroxylation is 2. The van der Waals surface area contributed by atoms with Crippen LogP contribution in [0.4, 0.5) is 5.69 Å². The summed E-state index contributed by atoms with van der Waals surface area (Å²) in [6.07, 6.45) is 1.90. The number of anilines is 1. The van der Waals surface area contributed by atoms with Gasteiger partial charge in [-0.05, 0) is 67.6 Å². The number of hydrogen-bond acceptors (Lipinski definition) is 4. The quantitative estimate of drug-likeness (QED) is 0.795. The molecule has 2 aromatic rings. The molecule has 7 heteroatoms. The number of rotatable bonds is 6. The molecule has 0 aliphatic rings. The third-order valence-corrected chi connectivity index (χ3v) is 5.95. The van der Waals surface area contributed by atoms with Gasteiger partial charge < -0.3 is 5.11 Å². The van der Waals surface area contributed by atoms with Gasteiger partial charge in [0, 0.05) is 4.90 Å². The summed E-state index contributed by atoms with van der Waals surface area (Å²) < 4.78 is 26.8. The lowest BCUT2D eigenvalue weighted by Crippen LogP contribution is -2.35. The zero-order valence-electron chi connectivity index (χ0n) is 13.7. The average molecular weight is 365 g/mol. The van der Waals surface area contributed by atoms with Crippen LogP contribution in [0.2, 0.25) is 0 Å². The number of hydrogen-bond donors (Lipinski definition) is 1. The maximum atomic E-state index is 12.9. The highest BCUT2D eigenvalue weighted by Gasteiger charge is 2.27. The highest BCUT2D eigenvalue weighted by Crippen LogP contribution is 2.27. The van der Waals surface area contributed by atoms with Crippen molar-refractivity contribution in [2.24, 2.45) is 0 Å². The maximum Gasteiger partial charge on any atom is 0.324 e. The van der Waals surface area contributed by atoms with Gasteiger partial charge in [0.15, 0.2) is 0 Å². The summed E-state index contributed by atoms with van der Waals surface area (Å²) in [7, 11) is -3.96. The monoisotopic (exact) mass is 365 g/mol. The van der Waals surface area contributed by atoms with Gasteiger partial charge in [0.1, 0.15) is 6.54 Å². The first-order valence-corrected chi connectivity index (χ1v) is 9.87. The normalized spacial score (nSPS) is 11.3. The van der Waals surface area contributed by atoms with Crippen molar-refractivity contribution in [3.05, 3.63) is 53.6 Å². The molecular formula is C17H19NO4S2. The van der Waals surface area contributed by atoms with Crippen LogP contribution in [-0.4, -0.2) is 32.3 Å². The van der Waals surface area contributed by atoms with Gasteiger partial charge in [-0.1, -0.05) is 6.07 Å². The molecule has 0 fully saturated rings. The van der Waals surface area contributed by atoms with Crippen LogP contribution >= 0.6 is 11.8 Å². The minimum absolute atomic E-state index is 0.0701. The first-order chi connectivity index (χ1) is 11.2. The number of thioether (sulfide) groups is 1. The molecule has 0 amide bonds. The SMILES string of the molecule is CSc1ccc(S(=O)(=O)N(CC(=O)O)c2cc(C)cc(C)c2)cc1. The number of aliphatic carboxylic acids is 1. The first kappa shape index (κ1) is 18.4. The molecule has 0 bridgehead atoms. The predicted octanol–water partition coefficient (Wildman–Crippen LogP) is 3.31. The van der Waals surface area contributed by atoms with E-state index in [2.05, 4.69) is 0 Å². The van der Waals surface area contributed by atoms with E-state index < -0.39 is 22.5 Å².